The van der Waals surface area contributed by atoms with Crippen LogP contribution in [0.15, 0.2) is 50.9 Å². The van der Waals surface area contributed by atoms with Gasteiger partial charge in [-0.1, -0.05) is 0 Å². The monoisotopic (exact) mass is 544 g/mol. The molecule has 38 heavy (non-hydrogen) atoms. The number of aliphatic imine (C=N–C) groups is 2. The number of piperidine rings is 1. The summed E-state index contributed by atoms with van der Waals surface area (Å²) < 4.78 is 45.0. The van der Waals surface area contributed by atoms with Gasteiger partial charge in [0.25, 0.3) is 5.91 Å². The molecule has 1 aromatic carbocycles. The smallest absolute Gasteiger partial charge is 0.410 e. The first-order chi connectivity index (χ1) is 17.7. The molecule has 1 aromatic rings. The number of alkyl halides is 1. The lowest BCUT2D eigenvalue weighted by atomic mass is 9.81. The maximum absolute atomic E-state index is 16.0. The number of hydrogen-bond donors (Lipinski definition) is 1. The van der Waals surface area contributed by atoms with Crippen molar-refractivity contribution in [2.24, 2.45) is 15.9 Å². The number of amidine groups is 1. The molecule has 1 unspecified atom stereocenters. The van der Waals surface area contributed by atoms with Crippen LogP contribution in [0.4, 0.5) is 14.9 Å². The summed E-state index contributed by atoms with van der Waals surface area (Å²) in [5.41, 5.74) is 1.65. The third-order valence-electron chi connectivity index (χ3n) is 6.52. The van der Waals surface area contributed by atoms with Crippen LogP contribution in [0.3, 0.4) is 0 Å². The number of sulfone groups is 1. The Balaban J connectivity index is 1.67. The van der Waals surface area contributed by atoms with Gasteiger partial charge in [0.2, 0.25) is 0 Å². The first kappa shape index (κ1) is 27.3. The second-order valence-corrected chi connectivity index (χ2v) is 12.4. The molecule has 0 radical (unpaired) electrons. The molecule has 202 valence electrons. The highest BCUT2D eigenvalue weighted by Gasteiger charge is 2.55. The summed E-state index contributed by atoms with van der Waals surface area (Å²) in [6.07, 6.45) is 1.53. The van der Waals surface area contributed by atoms with Crippen LogP contribution in [0.5, 0.6) is 0 Å². The quantitative estimate of drug-likeness (QED) is 0.609. The summed E-state index contributed by atoms with van der Waals surface area (Å²) in [7, 11) is -3.40. The van der Waals surface area contributed by atoms with Gasteiger partial charge in [0.05, 0.1) is 35.3 Å². The van der Waals surface area contributed by atoms with Gasteiger partial charge in [0.15, 0.2) is 9.84 Å². The fourth-order valence-electron chi connectivity index (χ4n) is 4.65. The Morgan fingerprint density at radius 3 is 2.61 bits per heavy atom. The number of fused-ring (bicyclic) bond motifs is 1. The van der Waals surface area contributed by atoms with Gasteiger partial charge < -0.3 is 9.64 Å². The van der Waals surface area contributed by atoms with Crippen LogP contribution in [0, 0.1) is 17.2 Å². The Morgan fingerprint density at radius 1 is 1.34 bits per heavy atom. The van der Waals surface area contributed by atoms with Crippen molar-refractivity contribution in [1.29, 1.82) is 5.26 Å². The van der Waals surface area contributed by atoms with Crippen LogP contribution in [0.1, 0.15) is 33.6 Å². The van der Waals surface area contributed by atoms with Gasteiger partial charge in [0, 0.05) is 19.0 Å². The van der Waals surface area contributed by atoms with E-state index in [2.05, 4.69) is 21.5 Å². The zero-order valence-electron chi connectivity index (χ0n) is 21.5. The number of benzene rings is 1. The maximum atomic E-state index is 16.0. The van der Waals surface area contributed by atoms with Gasteiger partial charge in [-0.3, -0.25) is 15.2 Å². The number of ether oxygens (including phenoxy) is 1. The summed E-state index contributed by atoms with van der Waals surface area (Å²) in [5.74, 6) is -1.30. The number of carbonyl (C=O) groups excluding carboxylic acids is 2. The molecular formula is C25H29FN6O5S. The van der Waals surface area contributed by atoms with Crippen molar-refractivity contribution in [3.63, 3.8) is 0 Å². The summed E-state index contributed by atoms with van der Waals surface area (Å²) in [4.78, 5) is 35.1. The largest absolute Gasteiger partial charge is 0.444 e. The molecule has 1 N–H and O–H groups in total. The lowest BCUT2D eigenvalue weighted by Crippen LogP contribution is -2.65. The number of halogens is 1. The van der Waals surface area contributed by atoms with Gasteiger partial charge >= 0.3 is 6.09 Å². The van der Waals surface area contributed by atoms with E-state index >= 15 is 4.39 Å². The van der Waals surface area contributed by atoms with E-state index < -0.39 is 45.1 Å². The lowest BCUT2D eigenvalue weighted by Gasteiger charge is -2.49. The number of dihydropyridines is 1. The van der Waals surface area contributed by atoms with Crippen molar-refractivity contribution in [2.75, 3.05) is 19.3 Å². The molecule has 2 saturated heterocycles. The number of nitrogens with zero attached hydrogens (tertiary/aromatic N) is 5. The Kier molecular flexibility index (Phi) is 7.05. The molecule has 3 aliphatic heterocycles. The van der Waals surface area contributed by atoms with Gasteiger partial charge in [0.1, 0.15) is 29.1 Å². The molecule has 4 rings (SSSR count). The topological polar surface area (TPSA) is 145 Å². The van der Waals surface area contributed by atoms with E-state index in [0.717, 1.165) is 6.26 Å². The Hall–Kier alpha value is -3.79. The molecular weight excluding hydrogens is 515 g/mol. The average Bonchev–Trinajstić information content (AvgIpc) is 3.19. The van der Waals surface area contributed by atoms with Crippen LogP contribution in [-0.2, 0) is 19.4 Å². The van der Waals surface area contributed by atoms with Crippen molar-refractivity contribution in [3.05, 3.63) is 36.0 Å². The number of rotatable bonds is 4. The molecule has 3 heterocycles. The van der Waals surface area contributed by atoms with Gasteiger partial charge in [-0.2, -0.15) is 5.26 Å². The molecule has 0 bridgehead atoms. The van der Waals surface area contributed by atoms with E-state index in [1.807, 2.05) is 0 Å². The Morgan fingerprint density at radius 2 is 2.03 bits per heavy atom. The summed E-state index contributed by atoms with van der Waals surface area (Å²) >= 11 is 0. The number of hydrazine groups is 1. The van der Waals surface area contributed by atoms with Crippen LogP contribution < -0.4 is 5.43 Å². The van der Waals surface area contributed by atoms with Gasteiger partial charge in [-0.05, 0) is 57.5 Å². The average molecular weight is 545 g/mol. The molecule has 0 aliphatic carbocycles. The minimum absolute atomic E-state index is 0.0830. The van der Waals surface area contributed by atoms with Crippen molar-refractivity contribution < 1.29 is 27.1 Å². The number of likely N-dealkylation sites (tertiary alicyclic amines) is 1. The second-order valence-electron chi connectivity index (χ2n) is 10.4. The highest BCUT2D eigenvalue weighted by Crippen LogP contribution is 2.41. The number of hydrogen-bond acceptors (Lipinski definition) is 8. The minimum atomic E-state index is -3.40. The van der Waals surface area contributed by atoms with E-state index in [1.54, 1.807) is 26.8 Å². The zero-order chi connectivity index (χ0) is 27.9. The van der Waals surface area contributed by atoms with E-state index in [9.17, 15) is 23.3 Å². The molecule has 11 nitrogen and oxygen atoms in total. The van der Waals surface area contributed by atoms with Crippen molar-refractivity contribution in [1.82, 2.24) is 15.3 Å². The number of nitriles is 1. The van der Waals surface area contributed by atoms with E-state index in [-0.39, 0.29) is 36.7 Å². The van der Waals surface area contributed by atoms with Crippen molar-refractivity contribution in [3.8, 4) is 6.07 Å². The van der Waals surface area contributed by atoms with E-state index in [4.69, 9.17) is 4.74 Å². The van der Waals surface area contributed by atoms with Crippen LogP contribution in [0.2, 0.25) is 0 Å². The van der Waals surface area contributed by atoms with Crippen molar-refractivity contribution in [2.45, 2.75) is 55.8 Å². The Labute approximate surface area is 220 Å². The molecule has 3 aliphatic rings. The number of allylic oxidation sites excluding steroid dienone is 1. The van der Waals surface area contributed by atoms with Crippen LogP contribution in [-0.4, -0.2) is 79.0 Å². The van der Waals surface area contributed by atoms with E-state index in [1.165, 1.54) is 40.4 Å². The number of amides is 2. The standard InChI is InChI=1S/C25H29FN6O5S/c1-24(2,3)37-23(34)31-14-11-25(10-12-27,19(26)15-31)32-18-9-13-28-22(33)20(18)21(30-32)29-16-5-7-17(8-6-16)38(4,35)36/h5-9,13,19-20H,10-11,14-15H2,1-4H3,(H,29,30)/t19-,20?,25-/m1/s1. The molecule has 3 atom stereocenters. The summed E-state index contributed by atoms with van der Waals surface area (Å²) in [5, 5.41) is 11.1. The highest BCUT2D eigenvalue weighted by molar-refractivity contribution is 7.90. The van der Waals surface area contributed by atoms with Gasteiger partial charge in [-0.25, -0.2) is 27.6 Å². The molecule has 2 amide bonds. The fourth-order valence-corrected chi connectivity index (χ4v) is 5.28. The fraction of sp³-hybridized carbons (Fsp3) is 0.480. The molecule has 0 aromatic heterocycles. The maximum Gasteiger partial charge on any atom is 0.410 e. The van der Waals surface area contributed by atoms with Crippen LogP contribution >= 0.6 is 0 Å². The Bertz CT molecular complexity index is 1380. The third kappa shape index (κ3) is 5.26. The predicted octanol–water partition coefficient (Wildman–Crippen LogP) is 2.68. The second kappa shape index (κ2) is 9.83. The van der Waals surface area contributed by atoms with Crippen molar-refractivity contribution >= 4 is 39.6 Å². The summed E-state index contributed by atoms with van der Waals surface area (Å²) in [6, 6.07) is 7.86. The minimum Gasteiger partial charge on any atom is -0.444 e. The third-order valence-corrected chi connectivity index (χ3v) is 7.65. The molecule has 0 saturated carbocycles. The lowest BCUT2D eigenvalue weighted by molar-refractivity contribution is -0.119. The normalized spacial score (nSPS) is 26.5. The van der Waals surface area contributed by atoms with Crippen LogP contribution in [0.25, 0.3) is 0 Å². The highest BCUT2D eigenvalue weighted by atomic mass is 32.2. The SMILES string of the molecule is CC(C)(C)OC(=O)N1CC[C@@](CC#N)(N2NC(=Nc3ccc(S(C)(=O)=O)cc3)C3C(=O)N=CC=C32)[C@H](F)C1. The first-order valence-corrected chi connectivity index (χ1v) is 13.9. The summed E-state index contributed by atoms with van der Waals surface area (Å²) in [6.45, 7) is 5.00. The molecule has 2 fully saturated rings. The number of nitrogens with one attached hydrogen (secondary N) is 1. The van der Waals surface area contributed by atoms with Gasteiger partial charge in [-0.15, -0.1) is 0 Å². The predicted molar refractivity (Wildman–Crippen MR) is 137 cm³/mol. The molecule has 13 heteroatoms. The molecule has 0 spiro atoms. The zero-order valence-corrected chi connectivity index (χ0v) is 22.3. The first-order valence-electron chi connectivity index (χ1n) is 12.0. The number of carbonyl (C=O) groups is 2. The van der Waals surface area contributed by atoms with E-state index in [0.29, 0.717) is 11.4 Å².